The van der Waals surface area contributed by atoms with Gasteiger partial charge in [-0.2, -0.15) is 0 Å². The number of hydrogen-bond acceptors (Lipinski definition) is 3. The van der Waals surface area contributed by atoms with Gasteiger partial charge in [-0.25, -0.2) is 0 Å². The largest absolute Gasteiger partial charge is 0.342 e. The average Bonchev–Trinajstić information content (AvgIpc) is 3.09. The van der Waals surface area contributed by atoms with Crippen molar-refractivity contribution in [3.8, 4) is 0 Å². The van der Waals surface area contributed by atoms with Crippen molar-refractivity contribution in [1.82, 2.24) is 9.47 Å². The maximum absolute atomic E-state index is 12.3. The zero-order chi connectivity index (χ0) is 17.4. The molecule has 4 rings (SSSR count). The molecule has 1 aromatic heterocycles. The maximum Gasteiger partial charge on any atom is 0.265 e. The number of rotatable bonds is 3. The van der Waals surface area contributed by atoms with Gasteiger partial charge in [0.25, 0.3) is 5.91 Å². The Balaban J connectivity index is 1.78. The van der Waals surface area contributed by atoms with Crippen LogP contribution in [0.15, 0.2) is 65.7 Å². The van der Waals surface area contributed by atoms with E-state index in [2.05, 4.69) is 47.2 Å². The van der Waals surface area contributed by atoms with Crippen LogP contribution in [0.25, 0.3) is 17.0 Å². The smallest absolute Gasteiger partial charge is 0.265 e. The van der Waals surface area contributed by atoms with Crippen LogP contribution in [0, 0.1) is 0 Å². The van der Waals surface area contributed by atoms with E-state index in [0.29, 0.717) is 9.23 Å². The number of thioether (sulfide) groups is 1. The minimum Gasteiger partial charge on any atom is -0.342 e. The number of para-hydroxylation sites is 1. The highest BCUT2D eigenvalue weighted by molar-refractivity contribution is 8.26. The van der Waals surface area contributed by atoms with Gasteiger partial charge in [0.1, 0.15) is 4.32 Å². The Bertz CT molecular complexity index is 1000. The summed E-state index contributed by atoms with van der Waals surface area (Å²) in [5, 5.41) is 1.14. The van der Waals surface area contributed by atoms with Crippen molar-refractivity contribution >= 4 is 51.2 Å². The van der Waals surface area contributed by atoms with Crippen LogP contribution in [0.1, 0.15) is 11.1 Å². The molecule has 25 heavy (non-hydrogen) atoms. The van der Waals surface area contributed by atoms with Gasteiger partial charge in [-0.05, 0) is 17.7 Å². The highest BCUT2D eigenvalue weighted by atomic mass is 32.2. The number of nitrogens with zero attached hydrogens (tertiary/aromatic N) is 2. The molecule has 0 atom stereocenters. The first kappa shape index (κ1) is 16.1. The number of thiocarbonyl (C=S) groups is 1. The Kier molecular flexibility index (Phi) is 4.19. The molecular weight excluding hydrogens is 348 g/mol. The Morgan fingerprint density at radius 1 is 1.08 bits per heavy atom. The van der Waals surface area contributed by atoms with Crippen LogP contribution >= 0.6 is 24.0 Å². The molecule has 3 aromatic rings. The van der Waals surface area contributed by atoms with Gasteiger partial charge >= 0.3 is 0 Å². The average molecular weight is 364 g/mol. The first-order valence-electron chi connectivity index (χ1n) is 7.97. The quantitative estimate of drug-likeness (QED) is 0.505. The minimum atomic E-state index is -0.0325. The van der Waals surface area contributed by atoms with Crippen LogP contribution in [-0.2, 0) is 11.3 Å². The second-order valence-corrected chi connectivity index (χ2v) is 7.63. The molecule has 0 bridgehead atoms. The molecule has 1 saturated heterocycles. The SMILES string of the molecule is CN1C(=O)/C(=C/c2cn(Cc3ccccc3)c3ccccc23)SC1=S. The molecule has 0 radical (unpaired) electrons. The molecule has 0 aliphatic carbocycles. The second kappa shape index (κ2) is 6.50. The van der Waals surface area contributed by atoms with Crippen LogP contribution in [0.5, 0.6) is 0 Å². The molecule has 5 heteroatoms. The summed E-state index contributed by atoms with van der Waals surface area (Å²) in [6.07, 6.45) is 4.06. The summed E-state index contributed by atoms with van der Waals surface area (Å²) in [5.74, 6) is -0.0325. The fraction of sp³-hybridized carbons (Fsp3) is 0.100. The van der Waals surface area contributed by atoms with Crippen LogP contribution in [0.4, 0.5) is 0 Å². The molecule has 0 saturated carbocycles. The summed E-state index contributed by atoms with van der Waals surface area (Å²) in [4.78, 5) is 14.5. The number of fused-ring (bicyclic) bond motifs is 1. The highest BCUT2D eigenvalue weighted by Crippen LogP contribution is 2.33. The molecule has 1 aliphatic rings. The second-order valence-electron chi connectivity index (χ2n) is 5.96. The van der Waals surface area contributed by atoms with Gasteiger partial charge in [-0.15, -0.1) is 0 Å². The number of benzene rings is 2. The third-order valence-corrected chi connectivity index (χ3v) is 5.77. The standard InChI is InChI=1S/C20H16N2OS2/c1-21-19(23)18(25-20(21)24)11-15-13-22(12-14-7-3-2-4-8-14)17-10-6-5-9-16(15)17/h2-11,13H,12H2,1H3/b18-11-. The van der Waals surface area contributed by atoms with Crippen molar-refractivity contribution in [2.45, 2.75) is 6.54 Å². The van der Waals surface area contributed by atoms with Gasteiger partial charge in [0.2, 0.25) is 0 Å². The topological polar surface area (TPSA) is 25.2 Å². The van der Waals surface area contributed by atoms with Gasteiger partial charge < -0.3 is 4.57 Å². The monoisotopic (exact) mass is 364 g/mol. The number of likely N-dealkylation sites (N-methyl/N-ethyl adjacent to an activating group) is 1. The lowest BCUT2D eigenvalue weighted by Gasteiger charge is -2.05. The fourth-order valence-corrected chi connectivity index (χ4v) is 4.16. The Morgan fingerprint density at radius 3 is 2.52 bits per heavy atom. The molecule has 0 unspecified atom stereocenters. The molecule has 1 aliphatic heterocycles. The first-order valence-corrected chi connectivity index (χ1v) is 9.19. The molecule has 3 nitrogen and oxygen atoms in total. The zero-order valence-corrected chi connectivity index (χ0v) is 15.3. The van der Waals surface area contributed by atoms with E-state index in [1.54, 1.807) is 7.05 Å². The van der Waals surface area contributed by atoms with Crippen molar-refractivity contribution in [3.05, 3.63) is 76.8 Å². The highest BCUT2D eigenvalue weighted by Gasteiger charge is 2.28. The number of carbonyl (C=O) groups excluding carboxylic acids is 1. The molecule has 1 amide bonds. The Labute approximate surface area is 155 Å². The molecule has 124 valence electrons. The van der Waals surface area contributed by atoms with Crippen molar-refractivity contribution in [3.63, 3.8) is 0 Å². The lowest BCUT2D eigenvalue weighted by Crippen LogP contribution is -2.22. The van der Waals surface area contributed by atoms with Crippen LogP contribution in [0.2, 0.25) is 0 Å². The number of aromatic nitrogens is 1. The van der Waals surface area contributed by atoms with Crippen LogP contribution in [-0.4, -0.2) is 26.7 Å². The van der Waals surface area contributed by atoms with E-state index in [-0.39, 0.29) is 5.91 Å². The molecular formula is C20H16N2OS2. The van der Waals surface area contributed by atoms with E-state index in [1.807, 2.05) is 24.3 Å². The number of amides is 1. The summed E-state index contributed by atoms with van der Waals surface area (Å²) in [7, 11) is 1.72. The molecule has 0 spiro atoms. The van der Waals surface area contributed by atoms with E-state index < -0.39 is 0 Å². The molecule has 1 fully saturated rings. The third-order valence-electron chi connectivity index (χ3n) is 4.29. The summed E-state index contributed by atoms with van der Waals surface area (Å²) in [6, 6.07) is 18.6. The van der Waals surface area contributed by atoms with Crippen molar-refractivity contribution in [1.29, 1.82) is 0 Å². The van der Waals surface area contributed by atoms with E-state index >= 15 is 0 Å². The summed E-state index contributed by atoms with van der Waals surface area (Å²) in [5.41, 5.74) is 3.44. The maximum atomic E-state index is 12.3. The van der Waals surface area contributed by atoms with Crippen molar-refractivity contribution < 1.29 is 4.79 Å². The first-order chi connectivity index (χ1) is 12.1. The van der Waals surface area contributed by atoms with E-state index in [4.69, 9.17) is 12.2 Å². The Morgan fingerprint density at radius 2 is 1.80 bits per heavy atom. The third kappa shape index (κ3) is 3.01. The van der Waals surface area contributed by atoms with Gasteiger partial charge in [0.05, 0.1) is 4.91 Å². The van der Waals surface area contributed by atoms with E-state index in [9.17, 15) is 4.79 Å². The zero-order valence-electron chi connectivity index (χ0n) is 13.7. The van der Waals surface area contributed by atoms with Gasteiger partial charge in [-0.3, -0.25) is 9.69 Å². The predicted octanol–water partition coefficient (Wildman–Crippen LogP) is 4.52. The van der Waals surface area contributed by atoms with Crippen LogP contribution in [0.3, 0.4) is 0 Å². The van der Waals surface area contributed by atoms with Gasteiger partial charge in [0, 0.05) is 36.3 Å². The predicted molar refractivity (Wildman–Crippen MR) is 108 cm³/mol. The fourth-order valence-electron chi connectivity index (χ4n) is 2.99. The van der Waals surface area contributed by atoms with Gasteiger partial charge in [0.15, 0.2) is 0 Å². The summed E-state index contributed by atoms with van der Waals surface area (Å²) < 4.78 is 2.83. The van der Waals surface area contributed by atoms with Crippen LogP contribution < -0.4 is 0 Å². The summed E-state index contributed by atoms with van der Waals surface area (Å²) in [6.45, 7) is 0.796. The van der Waals surface area contributed by atoms with Gasteiger partial charge in [-0.1, -0.05) is 72.5 Å². The lowest BCUT2D eigenvalue weighted by molar-refractivity contribution is -0.121. The molecule has 0 N–H and O–H groups in total. The normalized spacial score (nSPS) is 16.4. The van der Waals surface area contributed by atoms with E-state index in [1.165, 1.54) is 22.2 Å². The minimum absolute atomic E-state index is 0.0325. The van der Waals surface area contributed by atoms with E-state index in [0.717, 1.165) is 23.0 Å². The lowest BCUT2D eigenvalue weighted by atomic mass is 10.1. The molecule has 2 heterocycles. The number of carbonyl (C=O) groups is 1. The number of hydrogen-bond donors (Lipinski definition) is 0. The van der Waals surface area contributed by atoms with Crippen molar-refractivity contribution in [2.24, 2.45) is 0 Å². The van der Waals surface area contributed by atoms with Crippen molar-refractivity contribution in [2.75, 3.05) is 7.05 Å². The molecule has 2 aromatic carbocycles. The Hall–Kier alpha value is -2.37. The summed E-state index contributed by atoms with van der Waals surface area (Å²) >= 11 is 6.58.